The summed E-state index contributed by atoms with van der Waals surface area (Å²) in [5.74, 6) is 0.503. The standard InChI is InChI=1S/C23H20N2O5S/c1-31(27,28)30-16-19-8-7-18-13-20(9-10-22(18)24-19)25-12-11-21(14-23(25)26)29-15-17-5-3-2-4-6-17/h2-14H,15-16H2,1H3. The lowest BCUT2D eigenvalue weighted by atomic mass is 10.2. The molecule has 0 amide bonds. The second-order valence-electron chi connectivity index (χ2n) is 6.99. The Balaban J connectivity index is 1.53. The molecule has 7 nitrogen and oxygen atoms in total. The Morgan fingerprint density at radius 2 is 1.74 bits per heavy atom. The Bertz CT molecular complexity index is 1380. The highest BCUT2D eigenvalue weighted by atomic mass is 32.2. The molecule has 2 aromatic carbocycles. The molecular formula is C23H20N2O5S. The molecule has 4 aromatic rings. The molecule has 0 spiro atoms. The summed E-state index contributed by atoms with van der Waals surface area (Å²) in [6.45, 7) is 0.262. The van der Waals surface area contributed by atoms with Crippen molar-refractivity contribution in [2.75, 3.05) is 6.26 Å². The van der Waals surface area contributed by atoms with Gasteiger partial charge in [0.05, 0.1) is 17.5 Å². The summed E-state index contributed by atoms with van der Waals surface area (Å²) in [6.07, 6.45) is 2.67. The first-order valence-electron chi connectivity index (χ1n) is 9.51. The van der Waals surface area contributed by atoms with E-state index in [0.29, 0.717) is 29.3 Å². The quantitative estimate of drug-likeness (QED) is 0.413. The predicted molar refractivity (Wildman–Crippen MR) is 118 cm³/mol. The average molecular weight is 436 g/mol. The molecule has 0 saturated carbocycles. The molecule has 2 heterocycles. The topological polar surface area (TPSA) is 87.5 Å². The molecule has 0 atom stereocenters. The first kappa shape index (κ1) is 20.8. The predicted octanol–water partition coefficient (Wildman–Crippen LogP) is 3.44. The third-order valence-electron chi connectivity index (χ3n) is 4.57. The van der Waals surface area contributed by atoms with Crippen molar-refractivity contribution in [1.82, 2.24) is 9.55 Å². The van der Waals surface area contributed by atoms with Gasteiger partial charge in [-0.2, -0.15) is 8.42 Å². The van der Waals surface area contributed by atoms with Gasteiger partial charge in [0.25, 0.3) is 15.7 Å². The molecule has 0 aliphatic heterocycles. The smallest absolute Gasteiger partial charge is 0.264 e. The highest BCUT2D eigenvalue weighted by molar-refractivity contribution is 7.85. The van der Waals surface area contributed by atoms with E-state index in [1.165, 1.54) is 10.6 Å². The van der Waals surface area contributed by atoms with Crippen LogP contribution in [0.15, 0.2) is 83.8 Å². The Morgan fingerprint density at radius 3 is 2.48 bits per heavy atom. The van der Waals surface area contributed by atoms with Gasteiger partial charge in [0, 0.05) is 23.3 Å². The SMILES string of the molecule is CS(=O)(=O)OCc1ccc2cc(-n3ccc(OCc4ccccc4)cc3=O)ccc2n1. The van der Waals surface area contributed by atoms with Crippen LogP contribution in [-0.4, -0.2) is 24.2 Å². The maximum Gasteiger partial charge on any atom is 0.264 e. The highest BCUT2D eigenvalue weighted by Crippen LogP contribution is 2.19. The van der Waals surface area contributed by atoms with Crippen LogP contribution in [0.1, 0.15) is 11.3 Å². The zero-order chi connectivity index (χ0) is 21.8. The van der Waals surface area contributed by atoms with Gasteiger partial charge in [-0.05, 0) is 35.9 Å². The minimum Gasteiger partial charge on any atom is -0.489 e. The van der Waals surface area contributed by atoms with Crippen molar-refractivity contribution in [3.8, 4) is 11.4 Å². The van der Waals surface area contributed by atoms with E-state index >= 15 is 0 Å². The van der Waals surface area contributed by atoms with E-state index < -0.39 is 10.1 Å². The van der Waals surface area contributed by atoms with Gasteiger partial charge in [-0.1, -0.05) is 36.4 Å². The van der Waals surface area contributed by atoms with E-state index in [4.69, 9.17) is 8.92 Å². The van der Waals surface area contributed by atoms with Gasteiger partial charge in [-0.15, -0.1) is 0 Å². The average Bonchev–Trinajstić information content (AvgIpc) is 2.76. The van der Waals surface area contributed by atoms with E-state index in [1.807, 2.05) is 42.5 Å². The van der Waals surface area contributed by atoms with Gasteiger partial charge < -0.3 is 4.74 Å². The zero-order valence-corrected chi connectivity index (χ0v) is 17.6. The summed E-state index contributed by atoms with van der Waals surface area (Å²) in [5, 5.41) is 0.817. The maximum atomic E-state index is 12.6. The Kier molecular flexibility index (Phi) is 5.83. The van der Waals surface area contributed by atoms with Crippen LogP contribution in [0.4, 0.5) is 0 Å². The van der Waals surface area contributed by atoms with Gasteiger partial charge in [0.2, 0.25) is 0 Å². The summed E-state index contributed by atoms with van der Waals surface area (Å²) in [6, 6.07) is 21.9. The molecule has 0 aliphatic carbocycles. The number of benzene rings is 2. The largest absolute Gasteiger partial charge is 0.489 e. The van der Waals surface area contributed by atoms with E-state index in [-0.39, 0.29) is 12.2 Å². The van der Waals surface area contributed by atoms with E-state index in [9.17, 15) is 13.2 Å². The van der Waals surface area contributed by atoms with Crippen molar-refractivity contribution in [3.63, 3.8) is 0 Å². The summed E-state index contributed by atoms with van der Waals surface area (Å²) in [7, 11) is -3.54. The third kappa shape index (κ3) is 5.36. The number of hydrogen-bond acceptors (Lipinski definition) is 6. The molecule has 0 fully saturated rings. The molecule has 0 unspecified atom stereocenters. The van der Waals surface area contributed by atoms with Crippen LogP contribution in [0.25, 0.3) is 16.6 Å². The van der Waals surface area contributed by atoms with Gasteiger partial charge in [-0.3, -0.25) is 18.5 Å². The monoisotopic (exact) mass is 436 g/mol. The second-order valence-corrected chi connectivity index (χ2v) is 8.63. The van der Waals surface area contributed by atoms with Crippen LogP contribution in [0.5, 0.6) is 5.75 Å². The maximum absolute atomic E-state index is 12.6. The minimum absolute atomic E-state index is 0.125. The van der Waals surface area contributed by atoms with Gasteiger partial charge in [-0.25, -0.2) is 0 Å². The molecule has 158 valence electrons. The molecule has 0 N–H and O–H groups in total. The van der Waals surface area contributed by atoms with Crippen LogP contribution >= 0.6 is 0 Å². The Hall–Kier alpha value is -3.49. The first-order chi connectivity index (χ1) is 14.9. The van der Waals surface area contributed by atoms with Crippen LogP contribution in [0, 0.1) is 0 Å². The molecule has 31 heavy (non-hydrogen) atoms. The van der Waals surface area contributed by atoms with Crippen molar-refractivity contribution in [2.24, 2.45) is 0 Å². The van der Waals surface area contributed by atoms with Gasteiger partial charge in [0.1, 0.15) is 19.0 Å². The molecule has 0 saturated heterocycles. The van der Waals surface area contributed by atoms with E-state index in [0.717, 1.165) is 17.2 Å². The normalized spacial score (nSPS) is 11.5. The number of pyridine rings is 2. The molecule has 0 bridgehead atoms. The van der Waals surface area contributed by atoms with Crippen molar-refractivity contribution < 1.29 is 17.3 Å². The van der Waals surface area contributed by atoms with Crippen molar-refractivity contribution >= 4 is 21.0 Å². The number of aromatic nitrogens is 2. The first-order valence-corrected chi connectivity index (χ1v) is 11.3. The summed E-state index contributed by atoms with van der Waals surface area (Å²) >= 11 is 0. The Morgan fingerprint density at radius 1 is 0.935 bits per heavy atom. The summed E-state index contributed by atoms with van der Waals surface area (Å²) in [5.41, 5.74) is 2.68. The van der Waals surface area contributed by atoms with Crippen LogP contribution in [0.2, 0.25) is 0 Å². The second kappa shape index (κ2) is 8.71. The van der Waals surface area contributed by atoms with Crippen LogP contribution in [-0.2, 0) is 27.5 Å². The lowest BCUT2D eigenvalue weighted by Crippen LogP contribution is -2.16. The van der Waals surface area contributed by atoms with E-state index in [2.05, 4.69) is 4.98 Å². The van der Waals surface area contributed by atoms with Gasteiger partial charge >= 0.3 is 0 Å². The minimum atomic E-state index is -3.54. The third-order valence-corrected chi connectivity index (χ3v) is 5.11. The van der Waals surface area contributed by atoms with Crippen molar-refractivity contribution in [3.05, 3.63) is 101 Å². The lowest BCUT2D eigenvalue weighted by Gasteiger charge is -2.10. The molecule has 8 heteroatoms. The van der Waals surface area contributed by atoms with Gasteiger partial charge in [0.15, 0.2) is 0 Å². The number of fused-ring (bicyclic) bond motifs is 1. The van der Waals surface area contributed by atoms with E-state index in [1.54, 1.807) is 30.5 Å². The Labute approximate surface area is 179 Å². The lowest BCUT2D eigenvalue weighted by molar-refractivity contribution is 0.305. The molecule has 0 aliphatic rings. The summed E-state index contributed by atoms with van der Waals surface area (Å²) in [4.78, 5) is 17.0. The molecule has 4 rings (SSSR count). The number of hydrogen-bond donors (Lipinski definition) is 0. The molecule has 2 aromatic heterocycles. The highest BCUT2D eigenvalue weighted by Gasteiger charge is 2.07. The molecular weight excluding hydrogens is 416 g/mol. The fourth-order valence-corrected chi connectivity index (χ4v) is 3.39. The molecule has 0 radical (unpaired) electrons. The number of ether oxygens (including phenoxy) is 1. The zero-order valence-electron chi connectivity index (χ0n) is 16.8. The van der Waals surface area contributed by atoms with Crippen LogP contribution in [0.3, 0.4) is 0 Å². The van der Waals surface area contributed by atoms with Crippen LogP contribution < -0.4 is 10.3 Å². The summed E-state index contributed by atoms with van der Waals surface area (Å²) < 4.78 is 34.3. The number of nitrogens with zero attached hydrogens (tertiary/aromatic N) is 2. The number of rotatable bonds is 7. The fraction of sp³-hybridized carbons (Fsp3) is 0.130. The fourth-order valence-electron chi connectivity index (χ4n) is 3.06. The van der Waals surface area contributed by atoms with Crippen molar-refractivity contribution in [1.29, 1.82) is 0 Å². The van der Waals surface area contributed by atoms with Crippen molar-refractivity contribution in [2.45, 2.75) is 13.2 Å².